The minimum atomic E-state index is -0.532. The molecule has 0 spiro atoms. The molecule has 0 aromatic heterocycles. The molecule has 21 heavy (non-hydrogen) atoms. The van der Waals surface area contributed by atoms with Crippen LogP contribution < -0.4 is 4.74 Å². The van der Waals surface area contributed by atoms with Crippen molar-refractivity contribution in [2.75, 3.05) is 0 Å². The Labute approximate surface area is 131 Å². The Morgan fingerprint density at radius 2 is 1.90 bits per heavy atom. The molecular weight excluding hydrogens is 313 g/mol. The average Bonchev–Trinajstić information content (AvgIpc) is 2.45. The minimum absolute atomic E-state index is 0.295. The van der Waals surface area contributed by atoms with Crippen LogP contribution in [0.1, 0.15) is 11.1 Å². The SMILES string of the molecule is O=[N+]([O-])C=Cc1ccc(OCc2ccccc2Cl)c(Cl)c1. The summed E-state index contributed by atoms with van der Waals surface area (Å²) >= 11 is 12.1. The molecule has 0 aliphatic carbocycles. The van der Waals surface area contributed by atoms with Crippen molar-refractivity contribution in [1.82, 2.24) is 0 Å². The largest absolute Gasteiger partial charge is 0.487 e. The standard InChI is InChI=1S/C15H11Cl2NO3/c16-13-4-2-1-3-12(13)10-21-15-6-5-11(9-14(15)17)7-8-18(19)20/h1-9H,10H2. The lowest BCUT2D eigenvalue weighted by atomic mass is 10.2. The Bertz CT molecular complexity index is 686. The first-order valence-electron chi connectivity index (χ1n) is 6.04. The number of hydrogen-bond donors (Lipinski definition) is 0. The fourth-order valence-electron chi connectivity index (χ4n) is 1.66. The Morgan fingerprint density at radius 1 is 1.14 bits per heavy atom. The van der Waals surface area contributed by atoms with E-state index in [4.69, 9.17) is 27.9 Å². The number of hydrogen-bond acceptors (Lipinski definition) is 3. The van der Waals surface area contributed by atoms with Crippen LogP contribution in [0.15, 0.2) is 48.7 Å². The van der Waals surface area contributed by atoms with Crippen molar-refractivity contribution in [2.45, 2.75) is 6.61 Å². The smallest absolute Gasteiger partial charge is 0.235 e. The van der Waals surface area contributed by atoms with Crippen molar-refractivity contribution in [2.24, 2.45) is 0 Å². The second-order valence-corrected chi connectivity index (χ2v) is 4.99. The normalized spacial score (nSPS) is 10.8. The molecular formula is C15H11Cl2NO3. The van der Waals surface area contributed by atoms with E-state index in [-0.39, 0.29) is 0 Å². The molecule has 0 amide bonds. The second kappa shape index (κ2) is 7.11. The highest BCUT2D eigenvalue weighted by molar-refractivity contribution is 6.32. The third-order valence-electron chi connectivity index (χ3n) is 2.69. The molecule has 0 aliphatic rings. The molecule has 2 rings (SSSR count). The highest BCUT2D eigenvalue weighted by Crippen LogP contribution is 2.27. The van der Waals surface area contributed by atoms with Crippen LogP contribution in [0.3, 0.4) is 0 Å². The molecule has 0 atom stereocenters. The summed E-state index contributed by atoms with van der Waals surface area (Å²) in [6.07, 6.45) is 2.22. The zero-order chi connectivity index (χ0) is 15.2. The van der Waals surface area contributed by atoms with E-state index in [0.717, 1.165) is 11.8 Å². The molecule has 108 valence electrons. The zero-order valence-electron chi connectivity index (χ0n) is 10.8. The number of nitro groups is 1. The molecule has 0 fully saturated rings. The quantitative estimate of drug-likeness (QED) is 0.585. The van der Waals surface area contributed by atoms with Crippen molar-refractivity contribution in [3.05, 3.63) is 80.0 Å². The number of nitrogens with zero attached hydrogens (tertiary/aromatic N) is 1. The van der Waals surface area contributed by atoms with E-state index in [1.165, 1.54) is 6.08 Å². The zero-order valence-corrected chi connectivity index (χ0v) is 12.3. The van der Waals surface area contributed by atoms with Crippen LogP contribution >= 0.6 is 23.2 Å². The van der Waals surface area contributed by atoms with Crippen molar-refractivity contribution in [1.29, 1.82) is 0 Å². The third kappa shape index (κ3) is 4.48. The van der Waals surface area contributed by atoms with Gasteiger partial charge >= 0.3 is 0 Å². The van der Waals surface area contributed by atoms with Gasteiger partial charge in [-0.15, -0.1) is 0 Å². The maximum atomic E-state index is 10.3. The molecule has 0 heterocycles. The van der Waals surface area contributed by atoms with Crippen molar-refractivity contribution in [3.63, 3.8) is 0 Å². The molecule has 0 aliphatic heterocycles. The van der Waals surface area contributed by atoms with Crippen LogP contribution in [-0.4, -0.2) is 4.92 Å². The summed E-state index contributed by atoms with van der Waals surface area (Å²) in [5, 5.41) is 11.3. The maximum Gasteiger partial charge on any atom is 0.235 e. The van der Waals surface area contributed by atoms with Crippen molar-refractivity contribution < 1.29 is 9.66 Å². The second-order valence-electron chi connectivity index (χ2n) is 4.17. The molecule has 0 N–H and O–H groups in total. The lowest BCUT2D eigenvalue weighted by Crippen LogP contribution is -1.96. The van der Waals surface area contributed by atoms with E-state index in [1.54, 1.807) is 24.3 Å². The number of rotatable bonds is 5. The van der Waals surface area contributed by atoms with Gasteiger partial charge in [-0.05, 0) is 23.8 Å². The Kier molecular flexibility index (Phi) is 5.20. The Morgan fingerprint density at radius 3 is 2.57 bits per heavy atom. The Hall–Kier alpha value is -2.04. The van der Waals surface area contributed by atoms with E-state index >= 15 is 0 Å². The van der Waals surface area contributed by atoms with E-state index in [1.807, 2.05) is 18.2 Å². The van der Waals surface area contributed by atoms with E-state index in [0.29, 0.717) is 28.0 Å². The number of benzene rings is 2. The summed E-state index contributed by atoms with van der Waals surface area (Å²) < 4.78 is 5.61. The van der Waals surface area contributed by atoms with Gasteiger partial charge in [0.15, 0.2) is 0 Å². The van der Waals surface area contributed by atoms with Gasteiger partial charge in [-0.1, -0.05) is 47.5 Å². The summed E-state index contributed by atoms with van der Waals surface area (Å²) in [6.45, 7) is 0.295. The highest BCUT2D eigenvalue weighted by atomic mass is 35.5. The lowest BCUT2D eigenvalue weighted by molar-refractivity contribution is -0.400. The van der Waals surface area contributed by atoms with Gasteiger partial charge in [0.2, 0.25) is 6.20 Å². The molecule has 0 saturated heterocycles. The molecule has 2 aromatic carbocycles. The first kappa shape index (κ1) is 15.4. The van der Waals surface area contributed by atoms with Crippen LogP contribution in [0.25, 0.3) is 6.08 Å². The van der Waals surface area contributed by atoms with E-state index in [9.17, 15) is 10.1 Å². The van der Waals surface area contributed by atoms with Gasteiger partial charge in [-0.3, -0.25) is 10.1 Å². The fourth-order valence-corrected chi connectivity index (χ4v) is 2.09. The maximum absolute atomic E-state index is 10.3. The molecule has 6 heteroatoms. The molecule has 4 nitrogen and oxygen atoms in total. The Balaban J connectivity index is 2.08. The highest BCUT2D eigenvalue weighted by Gasteiger charge is 2.05. The molecule has 0 unspecified atom stereocenters. The lowest BCUT2D eigenvalue weighted by Gasteiger charge is -2.09. The predicted octanol–water partition coefficient (Wildman–Crippen LogP) is 4.82. The van der Waals surface area contributed by atoms with Gasteiger partial charge in [-0.2, -0.15) is 0 Å². The number of halogens is 2. The fraction of sp³-hybridized carbons (Fsp3) is 0.0667. The minimum Gasteiger partial charge on any atom is -0.487 e. The van der Waals surface area contributed by atoms with E-state index in [2.05, 4.69) is 0 Å². The molecule has 0 bridgehead atoms. The summed E-state index contributed by atoms with van der Waals surface area (Å²) in [5.74, 6) is 0.495. The van der Waals surface area contributed by atoms with Crippen molar-refractivity contribution in [3.8, 4) is 5.75 Å². The van der Waals surface area contributed by atoms with Gasteiger partial charge in [-0.25, -0.2) is 0 Å². The molecule has 2 aromatic rings. The van der Waals surface area contributed by atoms with Crippen LogP contribution in [0.4, 0.5) is 0 Å². The van der Waals surface area contributed by atoms with Gasteiger partial charge in [0.25, 0.3) is 0 Å². The average molecular weight is 324 g/mol. The van der Waals surface area contributed by atoms with Crippen LogP contribution in [0.5, 0.6) is 5.75 Å². The summed E-state index contributed by atoms with van der Waals surface area (Å²) in [4.78, 5) is 9.73. The number of ether oxygens (including phenoxy) is 1. The topological polar surface area (TPSA) is 52.4 Å². The van der Waals surface area contributed by atoms with E-state index < -0.39 is 4.92 Å². The summed E-state index contributed by atoms with van der Waals surface area (Å²) in [7, 11) is 0. The van der Waals surface area contributed by atoms with Gasteiger partial charge < -0.3 is 4.74 Å². The monoisotopic (exact) mass is 323 g/mol. The van der Waals surface area contributed by atoms with Gasteiger partial charge in [0.1, 0.15) is 12.4 Å². The summed E-state index contributed by atoms with van der Waals surface area (Å²) in [6, 6.07) is 12.3. The van der Waals surface area contributed by atoms with Gasteiger partial charge in [0.05, 0.1) is 9.95 Å². The van der Waals surface area contributed by atoms with Crippen molar-refractivity contribution >= 4 is 29.3 Å². The third-order valence-corrected chi connectivity index (χ3v) is 3.35. The molecule has 0 saturated carbocycles. The van der Waals surface area contributed by atoms with Crippen LogP contribution in [0.2, 0.25) is 10.0 Å². The molecule has 0 radical (unpaired) electrons. The van der Waals surface area contributed by atoms with Gasteiger partial charge in [0, 0.05) is 16.7 Å². The first-order chi connectivity index (χ1) is 10.1. The predicted molar refractivity (Wildman–Crippen MR) is 83.3 cm³/mol. The summed E-state index contributed by atoms with van der Waals surface area (Å²) in [5.41, 5.74) is 1.48. The van der Waals surface area contributed by atoms with Crippen LogP contribution in [-0.2, 0) is 6.61 Å². The first-order valence-corrected chi connectivity index (χ1v) is 6.79. The van der Waals surface area contributed by atoms with Crippen LogP contribution in [0, 0.1) is 10.1 Å².